The number of hydrogen-bond acceptors (Lipinski definition) is 1. The molecule has 0 amide bonds. The van der Waals surface area contributed by atoms with Crippen LogP contribution in [0.25, 0.3) is 0 Å². The fourth-order valence-corrected chi connectivity index (χ4v) is 2.04. The smallest absolute Gasteiger partial charge is 0.0384 e. The minimum Gasteiger partial charge on any atom is -0.398 e. The van der Waals surface area contributed by atoms with Gasteiger partial charge in [-0.1, -0.05) is 19.9 Å². The van der Waals surface area contributed by atoms with Crippen LogP contribution in [0.4, 0.5) is 5.69 Å². The van der Waals surface area contributed by atoms with E-state index in [1.807, 2.05) is 0 Å². The maximum atomic E-state index is 6.11. The molecule has 0 heterocycles. The zero-order valence-corrected chi connectivity index (χ0v) is 9.07. The van der Waals surface area contributed by atoms with Gasteiger partial charge in [0.2, 0.25) is 0 Å². The molecule has 72 valence electrons. The van der Waals surface area contributed by atoms with Gasteiger partial charge in [0, 0.05) is 5.69 Å². The molecule has 1 aromatic carbocycles. The molecule has 13 heavy (non-hydrogen) atoms. The first-order valence-electron chi connectivity index (χ1n) is 4.99. The number of hydrogen-bond donors (Lipinski definition) is 1. The molecule has 0 unspecified atom stereocenters. The highest BCUT2D eigenvalue weighted by molar-refractivity contribution is 5.60. The second-order valence-corrected chi connectivity index (χ2v) is 3.59. The van der Waals surface area contributed by atoms with Crippen molar-refractivity contribution in [2.24, 2.45) is 0 Å². The summed E-state index contributed by atoms with van der Waals surface area (Å²) in [6.45, 7) is 8.60. The maximum absolute atomic E-state index is 6.11. The molecule has 1 aromatic rings. The summed E-state index contributed by atoms with van der Waals surface area (Å²) in [5, 5.41) is 0. The van der Waals surface area contributed by atoms with Gasteiger partial charge in [-0.05, 0) is 48.9 Å². The largest absolute Gasteiger partial charge is 0.398 e. The van der Waals surface area contributed by atoms with Crippen LogP contribution in [0.2, 0.25) is 0 Å². The van der Waals surface area contributed by atoms with Crippen molar-refractivity contribution in [3.05, 3.63) is 28.3 Å². The minimum atomic E-state index is 1.02. The van der Waals surface area contributed by atoms with Gasteiger partial charge >= 0.3 is 0 Å². The average molecular weight is 177 g/mol. The number of rotatable bonds is 2. The quantitative estimate of drug-likeness (QED) is 0.690. The Labute approximate surface area is 81.0 Å². The first-order valence-corrected chi connectivity index (χ1v) is 4.99. The highest BCUT2D eigenvalue weighted by Gasteiger charge is 2.08. The van der Waals surface area contributed by atoms with Crippen LogP contribution in [0.3, 0.4) is 0 Å². The van der Waals surface area contributed by atoms with Crippen LogP contribution in [0.15, 0.2) is 6.07 Å². The topological polar surface area (TPSA) is 26.0 Å². The van der Waals surface area contributed by atoms with Crippen LogP contribution in [0.1, 0.15) is 36.1 Å². The summed E-state index contributed by atoms with van der Waals surface area (Å²) in [7, 11) is 0. The molecular weight excluding hydrogens is 158 g/mol. The molecule has 1 nitrogen and oxygen atoms in total. The van der Waals surface area contributed by atoms with Crippen molar-refractivity contribution in [2.45, 2.75) is 40.5 Å². The average Bonchev–Trinajstić information content (AvgIpc) is 2.04. The third-order valence-corrected chi connectivity index (χ3v) is 2.74. The summed E-state index contributed by atoms with van der Waals surface area (Å²) < 4.78 is 0. The van der Waals surface area contributed by atoms with Crippen LogP contribution in [-0.2, 0) is 12.8 Å². The molecule has 2 N–H and O–H groups in total. The summed E-state index contributed by atoms with van der Waals surface area (Å²) >= 11 is 0. The zero-order valence-electron chi connectivity index (χ0n) is 9.07. The first kappa shape index (κ1) is 10.1. The molecule has 0 aliphatic heterocycles. The molecule has 0 spiro atoms. The van der Waals surface area contributed by atoms with Crippen LogP contribution in [0, 0.1) is 13.8 Å². The highest BCUT2D eigenvalue weighted by Crippen LogP contribution is 2.25. The Morgan fingerprint density at radius 3 is 1.69 bits per heavy atom. The normalized spacial score (nSPS) is 10.5. The van der Waals surface area contributed by atoms with E-state index in [0.29, 0.717) is 0 Å². The minimum absolute atomic E-state index is 1.02. The van der Waals surface area contributed by atoms with E-state index in [1.54, 1.807) is 0 Å². The van der Waals surface area contributed by atoms with E-state index >= 15 is 0 Å². The molecule has 0 aliphatic rings. The molecule has 0 bridgehead atoms. The molecule has 0 saturated carbocycles. The van der Waals surface area contributed by atoms with Crippen molar-refractivity contribution in [1.29, 1.82) is 0 Å². The Kier molecular flexibility index (Phi) is 2.97. The number of aryl methyl sites for hydroxylation is 2. The van der Waals surface area contributed by atoms with Gasteiger partial charge in [-0.15, -0.1) is 0 Å². The molecule has 1 rings (SSSR count). The van der Waals surface area contributed by atoms with Crippen LogP contribution in [0.5, 0.6) is 0 Å². The van der Waals surface area contributed by atoms with Crippen LogP contribution < -0.4 is 5.73 Å². The predicted octanol–water partition coefficient (Wildman–Crippen LogP) is 3.01. The molecule has 0 radical (unpaired) electrons. The van der Waals surface area contributed by atoms with Crippen molar-refractivity contribution in [3.8, 4) is 0 Å². The Morgan fingerprint density at radius 1 is 1.00 bits per heavy atom. The number of nitrogen functional groups attached to an aromatic ring is 1. The second kappa shape index (κ2) is 3.82. The lowest BCUT2D eigenvalue weighted by Gasteiger charge is -2.14. The van der Waals surface area contributed by atoms with E-state index < -0.39 is 0 Å². The van der Waals surface area contributed by atoms with E-state index in [2.05, 4.69) is 33.8 Å². The van der Waals surface area contributed by atoms with Crippen molar-refractivity contribution >= 4 is 5.69 Å². The van der Waals surface area contributed by atoms with Crippen molar-refractivity contribution in [3.63, 3.8) is 0 Å². The van der Waals surface area contributed by atoms with Crippen LogP contribution >= 0.6 is 0 Å². The monoisotopic (exact) mass is 177 g/mol. The van der Waals surface area contributed by atoms with E-state index in [4.69, 9.17) is 5.73 Å². The van der Waals surface area contributed by atoms with Gasteiger partial charge in [-0.25, -0.2) is 0 Å². The van der Waals surface area contributed by atoms with Crippen molar-refractivity contribution in [2.75, 3.05) is 5.73 Å². The first-order chi connectivity index (χ1) is 6.11. The second-order valence-electron chi connectivity index (χ2n) is 3.59. The van der Waals surface area contributed by atoms with Gasteiger partial charge in [0.05, 0.1) is 0 Å². The van der Waals surface area contributed by atoms with Gasteiger partial charge in [-0.3, -0.25) is 0 Å². The Morgan fingerprint density at radius 2 is 1.38 bits per heavy atom. The van der Waals surface area contributed by atoms with Gasteiger partial charge in [-0.2, -0.15) is 0 Å². The molecule has 0 aliphatic carbocycles. The number of nitrogens with two attached hydrogens (primary N) is 1. The molecule has 0 fully saturated rings. The Bertz CT molecular complexity index is 285. The Hall–Kier alpha value is -0.980. The van der Waals surface area contributed by atoms with Crippen molar-refractivity contribution < 1.29 is 0 Å². The van der Waals surface area contributed by atoms with E-state index in [0.717, 1.165) is 18.5 Å². The molecule has 1 heteroatoms. The number of anilines is 1. The lowest BCUT2D eigenvalue weighted by atomic mass is 9.94. The SMILES string of the molecule is CCc1c(C)cc(C)c(CC)c1N. The fraction of sp³-hybridized carbons (Fsp3) is 0.500. The van der Waals surface area contributed by atoms with Gasteiger partial charge in [0.25, 0.3) is 0 Å². The zero-order chi connectivity index (χ0) is 10.0. The summed E-state index contributed by atoms with van der Waals surface area (Å²) in [6, 6.07) is 2.24. The third-order valence-electron chi connectivity index (χ3n) is 2.74. The van der Waals surface area contributed by atoms with Gasteiger partial charge in [0.1, 0.15) is 0 Å². The summed E-state index contributed by atoms with van der Waals surface area (Å²) in [5.41, 5.74) is 12.4. The maximum Gasteiger partial charge on any atom is 0.0384 e. The molecular formula is C12H19N. The fourth-order valence-electron chi connectivity index (χ4n) is 2.04. The molecule has 0 saturated heterocycles. The lowest BCUT2D eigenvalue weighted by Crippen LogP contribution is -2.03. The summed E-state index contributed by atoms with van der Waals surface area (Å²) in [5.74, 6) is 0. The van der Waals surface area contributed by atoms with Crippen LogP contribution in [-0.4, -0.2) is 0 Å². The molecule has 0 atom stereocenters. The van der Waals surface area contributed by atoms with Gasteiger partial charge in [0.15, 0.2) is 0 Å². The third kappa shape index (κ3) is 1.69. The lowest BCUT2D eigenvalue weighted by molar-refractivity contribution is 1.05. The highest BCUT2D eigenvalue weighted by atomic mass is 14.6. The standard InChI is InChI=1S/C12H19N/c1-5-10-8(3)7-9(4)11(6-2)12(10)13/h7H,5-6,13H2,1-4H3. The summed E-state index contributed by atoms with van der Waals surface area (Å²) in [6.07, 6.45) is 2.07. The van der Waals surface area contributed by atoms with Gasteiger partial charge < -0.3 is 5.73 Å². The van der Waals surface area contributed by atoms with Crippen molar-refractivity contribution in [1.82, 2.24) is 0 Å². The Balaban J connectivity index is 3.39. The number of benzene rings is 1. The van der Waals surface area contributed by atoms with E-state index in [9.17, 15) is 0 Å². The van der Waals surface area contributed by atoms with E-state index in [-0.39, 0.29) is 0 Å². The summed E-state index contributed by atoms with van der Waals surface area (Å²) in [4.78, 5) is 0. The molecule has 0 aromatic heterocycles. The predicted molar refractivity (Wildman–Crippen MR) is 59.1 cm³/mol. The van der Waals surface area contributed by atoms with E-state index in [1.165, 1.54) is 22.3 Å².